The molecule has 3 aromatic rings. The molecule has 204 valence electrons. The fraction of sp³-hybridized carbons (Fsp3) is 0.464. The van der Waals surface area contributed by atoms with E-state index in [-0.39, 0.29) is 15.9 Å². The Morgan fingerprint density at radius 3 is 2.32 bits per heavy atom. The third-order valence-corrected chi connectivity index (χ3v) is 10.2. The minimum atomic E-state index is -3.91. The number of nitrogens with zero attached hydrogens (tertiary/aromatic N) is 3. The van der Waals surface area contributed by atoms with Crippen LogP contribution in [0.1, 0.15) is 25.7 Å². The summed E-state index contributed by atoms with van der Waals surface area (Å²) in [6, 6.07) is 11.2. The molecular formula is C28H35N3O5S2. The summed E-state index contributed by atoms with van der Waals surface area (Å²) in [5, 5.41) is 10.8. The Balaban J connectivity index is 1.55. The van der Waals surface area contributed by atoms with Crippen molar-refractivity contribution < 1.29 is 23.0 Å². The van der Waals surface area contributed by atoms with Crippen LogP contribution in [0.3, 0.4) is 0 Å². The van der Waals surface area contributed by atoms with E-state index >= 15 is 0 Å². The summed E-state index contributed by atoms with van der Waals surface area (Å²) in [5.74, 6) is 0.834. The Morgan fingerprint density at radius 2 is 1.66 bits per heavy atom. The van der Waals surface area contributed by atoms with E-state index in [0.717, 1.165) is 67.7 Å². The van der Waals surface area contributed by atoms with Crippen LogP contribution in [-0.2, 0) is 9.84 Å². The largest absolute Gasteiger partial charge is 0.493 e. The lowest BCUT2D eigenvalue weighted by Gasteiger charge is -2.42. The van der Waals surface area contributed by atoms with Gasteiger partial charge in [0.2, 0.25) is 9.84 Å². The number of pyridine rings is 1. The highest BCUT2D eigenvalue weighted by molar-refractivity contribution is 7.98. The van der Waals surface area contributed by atoms with E-state index in [9.17, 15) is 13.5 Å². The summed E-state index contributed by atoms with van der Waals surface area (Å²) < 4.78 is 38.9. The molecule has 0 aliphatic carbocycles. The summed E-state index contributed by atoms with van der Waals surface area (Å²) in [7, 11) is -0.894. The van der Waals surface area contributed by atoms with Gasteiger partial charge in [0.05, 0.1) is 36.4 Å². The van der Waals surface area contributed by atoms with Crippen molar-refractivity contribution in [2.75, 3.05) is 51.6 Å². The zero-order chi connectivity index (χ0) is 26.9. The average molecular weight is 558 g/mol. The van der Waals surface area contributed by atoms with Gasteiger partial charge in [-0.25, -0.2) is 8.42 Å². The number of hydrogen-bond acceptors (Lipinski definition) is 9. The molecule has 1 aromatic heterocycles. The molecular weight excluding hydrogens is 522 g/mol. The molecule has 1 N–H and O–H groups in total. The van der Waals surface area contributed by atoms with Gasteiger partial charge >= 0.3 is 0 Å². The van der Waals surface area contributed by atoms with E-state index in [1.165, 1.54) is 26.5 Å². The lowest BCUT2D eigenvalue weighted by atomic mass is 9.98. The van der Waals surface area contributed by atoms with E-state index in [1.54, 1.807) is 23.9 Å². The number of methoxy groups -OCH3 is 2. The average Bonchev–Trinajstić information content (AvgIpc) is 2.96. The second-order valence-electron chi connectivity index (χ2n) is 9.86. The van der Waals surface area contributed by atoms with Gasteiger partial charge in [0, 0.05) is 54.8 Å². The zero-order valence-corrected chi connectivity index (χ0v) is 23.7. The van der Waals surface area contributed by atoms with Crippen LogP contribution in [0.2, 0.25) is 0 Å². The Bertz CT molecular complexity index is 1400. The van der Waals surface area contributed by atoms with Crippen LogP contribution < -0.4 is 14.4 Å². The third kappa shape index (κ3) is 5.19. The van der Waals surface area contributed by atoms with Gasteiger partial charge in [-0.2, -0.15) is 0 Å². The molecule has 2 saturated heterocycles. The first kappa shape index (κ1) is 27.1. The molecule has 0 unspecified atom stereocenters. The number of likely N-dealkylation sites (tertiary alicyclic amines) is 1. The molecule has 2 fully saturated rings. The highest BCUT2D eigenvalue weighted by atomic mass is 32.2. The monoisotopic (exact) mass is 557 g/mol. The van der Waals surface area contributed by atoms with Crippen molar-refractivity contribution in [1.29, 1.82) is 0 Å². The van der Waals surface area contributed by atoms with Gasteiger partial charge in [0.25, 0.3) is 0 Å². The van der Waals surface area contributed by atoms with E-state index in [1.807, 2.05) is 24.5 Å². The number of sulfone groups is 1. The zero-order valence-electron chi connectivity index (χ0n) is 22.1. The highest BCUT2D eigenvalue weighted by Crippen LogP contribution is 2.40. The number of thioether (sulfide) groups is 1. The normalized spacial score (nSPS) is 18.2. The fourth-order valence-electron chi connectivity index (χ4n) is 5.61. The van der Waals surface area contributed by atoms with Crippen molar-refractivity contribution in [1.82, 2.24) is 9.88 Å². The van der Waals surface area contributed by atoms with Gasteiger partial charge in [-0.1, -0.05) is 0 Å². The molecule has 2 aromatic carbocycles. The van der Waals surface area contributed by atoms with E-state index < -0.39 is 9.84 Å². The van der Waals surface area contributed by atoms with Crippen molar-refractivity contribution in [3.05, 3.63) is 42.6 Å². The van der Waals surface area contributed by atoms with Crippen molar-refractivity contribution in [3.8, 4) is 11.5 Å². The summed E-state index contributed by atoms with van der Waals surface area (Å²) in [4.78, 5) is 10.7. The number of hydrogen-bond donors (Lipinski definition) is 1. The summed E-state index contributed by atoms with van der Waals surface area (Å²) >= 11 is 1.62. The van der Waals surface area contributed by atoms with Crippen molar-refractivity contribution in [2.45, 2.75) is 52.5 Å². The topological polar surface area (TPSA) is 92.2 Å². The number of ether oxygens (including phenoxy) is 2. The summed E-state index contributed by atoms with van der Waals surface area (Å²) in [5.41, 5.74) is 1.49. The molecule has 0 saturated carbocycles. The van der Waals surface area contributed by atoms with Crippen molar-refractivity contribution in [2.24, 2.45) is 0 Å². The molecule has 10 heteroatoms. The lowest BCUT2D eigenvalue weighted by molar-refractivity contribution is 0.0542. The van der Waals surface area contributed by atoms with Gasteiger partial charge in [-0.15, -0.1) is 11.8 Å². The number of aliphatic hydroxyl groups excluding tert-OH is 1. The van der Waals surface area contributed by atoms with Crippen LogP contribution in [0.25, 0.3) is 10.9 Å². The van der Waals surface area contributed by atoms with Gasteiger partial charge in [0.1, 0.15) is 4.90 Å². The predicted molar refractivity (Wildman–Crippen MR) is 151 cm³/mol. The Labute approximate surface area is 228 Å². The predicted octanol–water partition coefficient (Wildman–Crippen LogP) is 4.23. The highest BCUT2D eigenvalue weighted by Gasteiger charge is 2.32. The molecule has 5 rings (SSSR count). The number of piperidine rings is 2. The molecule has 0 atom stereocenters. The first-order valence-electron chi connectivity index (χ1n) is 13.0. The van der Waals surface area contributed by atoms with Gasteiger partial charge < -0.3 is 24.4 Å². The molecule has 8 nitrogen and oxygen atoms in total. The van der Waals surface area contributed by atoms with Crippen LogP contribution in [0.4, 0.5) is 5.69 Å². The summed E-state index contributed by atoms with van der Waals surface area (Å²) in [6.45, 7) is 3.33. The van der Waals surface area contributed by atoms with Crippen LogP contribution in [-0.4, -0.2) is 82.2 Å². The van der Waals surface area contributed by atoms with Crippen molar-refractivity contribution in [3.63, 3.8) is 0 Å². The smallest absolute Gasteiger partial charge is 0.210 e. The molecule has 2 aliphatic heterocycles. The van der Waals surface area contributed by atoms with Gasteiger partial charge in [-0.3, -0.25) is 4.98 Å². The second kappa shape index (κ2) is 11.3. The number of benzene rings is 2. The first-order chi connectivity index (χ1) is 18.3. The number of aliphatic hydroxyl groups is 1. The molecule has 0 amide bonds. The Morgan fingerprint density at radius 1 is 0.947 bits per heavy atom. The number of aromatic nitrogens is 1. The maximum absolute atomic E-state index is 14.1. The minimum absolute atomic E-state index is 0.139. The molecule has 0 bridgehead atoms. The maximum Gasteiger partial charge on any atom is 0.210 e. The Hall–Kier alpha value is -2.53. The molecule has 2 aliphatic rings. The maximum atomic E-state index is 14.1. The molecule has 0 spiro atoms. The van der Waals surface area contributed by atoms with Crippen LogP contribution in [0, 0.1) is 0 Å². The van der Waals surface area contributed by atoms with Gasteiger partial charge in [0.15, 0.2) is 11.5 Å². The van der Waals surface area contributed by atoms with Crippen LogP contribution in [0.5, 0.6) is 11.5 Å². The van der Waals surface area contributed by atoms with Gasteiger partial charge in [-0.05, 0) is 62.3 Å². The standard InChI is InChI=1S/C28H35N3O5S2/c1-35-25-7-5-22(17-26(25)36-2)38(33,34)27-18-29-24-6-4-21(37-3)16-23(24)28(27)31-12-8-19(9-13-31)30-14-10-20(32)11-15-30/h4-7,16-20,32H,8-15H2,1-3H3. The number of rotatable bonds is 7. The SMILES string of the molecule is COc1ccc(S(=O)(=O)c2cnc3ccc(SC)cc3c2N2CCC(N3CCC(O)CC3)CC2)cc1OC. The number of anilines is 1. The lowest BCUT2D eigenvalue weighted by Crippen LogP contribution is -2.48. The van der Waals surface area contributed by atoms with E-state index in [0.29, 0.717) is 23.2 Å². The number of fused-ring (bicyclic) bond motifs is 1. The Kier molecular flexibility index (Phi) is 8.04. The third-order valence-electron chi connectivity index (χ3n) is 7.76. The molecule has 3 heterocycles. The van der Waals surface area contributed by atoms with Crippen LogP contribution >= 0.6 is 11.8 Å². The second-order valence-corrected chi connectivity index (χ2v) is 12.7. The summed E-state index contributed by atoms with van der Waals surface area (Å²) in [6.07, 6.45) is 6.85. The van der Waals surface area contributed by atoms with E-state index in [2.05, 4.69) is 14.8 Å². The fourth-order valence-corrected chi connectivity index (χ4v) is 7.49. The first-order valence-corrected chi connectivity index (χ1v) is 15.7. The quantitative estimate of drug-likeness (QED) is 0.429. The van der Waals surface area contributed by atoms with E-state index in [4.69, 9.17) is 9.47 Å². The molecule has 0 radical (unpaired) electrons. The van der Waals surface area contributed by atoms with Crippen molar-refractivity contribution >= 4 is 38.2 Å². The molecule has 38 heavy (non-hydrogen) atoms. The minimum Gasteiger partial charge on any atom is -0.493 e. The van der Waals surface area contributed by atoms with Crippen LogP contribution in [0.15, 0.2) is 57.3 Å².